The fourth-order valence-electron chi connectivity index (χ4n) is 13.8. The molecule has 16 nitrogen and oxygen atoms in total. The molecule has 3 aromatic heterocycles. The number of rotatable bonds is 7. The summed E-state index contributed by atoms with van der Waals surface area (Å²) in [6, 6.07) is 12.8. The number of hydrogen-bond acceptors (Lipinski definition) is 13. The number of carbonyl (C=O) groups is 3. The summed E-state index contributed by atoms with van der Waals surface area (Å²) >= 11 is 0. The molecule has 9 heterocycles. The largest absolute Gasteiger partial charge is 0.508 e. The Hall–Kier alpha value is -6.53. The summed E-state index contributed by atoms with van der Waals surface area (Å²) in [4.78, 5) is 56.7. The molecule has 2 N–H and O–H groups in total. The van der Waals surface area contributed by atoms with Gasteiger partial charge in [-0.3, -0.25) is 24.5 Å². The second-order valence-electron chi connectivity index (χ2n) is 22.2. The van der Waals surface area contributed by atoms with Gasteiger partial charge >= 0.3 is 12.1 Å². The first-order chi connectivity index (χ1) is 36.3. The van der Waals surface area contributed by atoms with Gasteiger partial charge < -0.3 is 29.1 Å². The SMILES string of the molecule is CCc1c(F)ccc2cc(O)cc(-c3nc4c5c(nc(OCC67CCCN6CCC7)nc5c3F)N3CCCOCC3CC4)c12.COC(=O)N1CC2(CCC(c3ccc4c(C5CCC(=O)NC5=O)nn(C)c4c3)CC2)C1. The normalized spacial score (nSPS) is 22.3. The predicted molar refractivity (Wildman–Crippen MR) is 278 cm³/mol. The van der Waals surface area contributed by atoms with Crippen molar-refractivity contribution in [2.75, 3.05) is 64.6 Å². The zero-order chi connectivity index (χ0) is 51.8. The Morgan fingerprint density at radius 1 is 0.920 bits per heavy atom. The highest BCUT2D eigenvalue weighted by Crippen LogP contribution is 2.49. The lowest BCUT2D eigenvalue weighted by molar-refractivity contribution is -0.134. The molecule has 6 aromatic rings. The second-order valence-corrected chi connectivity index (χ2v) is 22.2. The number of halogens is 2. The van der Waals surface area contributed by atoms with E-state index in [1.165, 1.54) is 24.8 Å². The molecule has 3 aromatic carbocycles. The number of likely N-dealkylation sites (tertiary alicyclic amines) is 1. The number of aromatic hydroxyl groups is 1. The van der Waals surface area contributed by atoms with Gasteiger partial charge in [-0.05, 0) is 149 Å². The van der Waals surface area contributed by atoms with Crippen LogP contribution >= 0.6 is 0 Å². The van der Waals surface area contributed by atoms with Crippen molar-refractivity contribution in [2.45, 2.75) is 120 Å². The first-order valence-electron chi connectivity index (χ1n) is 27.0. The number of methoxy groups -OCH3 is 1. The van der Waals surface area contributed by atoms with Crippen LogP contribution < -0.4 is 15.0 Å². The number of imide groups is 1. The smallest absolute Gasteiger partial charge is 0.409 e. The Balaban J connectivity index is 0.000000161. The number of ether oxygens (including phenoxy) is 3. The molecular weight excluding hydrogens is 961 g/mol. The summed E-state index contributed by atoms with van der Waals surface area (Å²) in [5.41, 5.74) is 5.04. The third kappa shape index (κ3) is 8.78. The van der Waals surface area contributed by atoms with Crippen LogP contribution in [0.5, 0.6) is 11.8 Å². The number of hydrogen-bond donors (Lipinski definition) is 2. The van der Waals surface area contributed by atoms with Crippen molar-refractivity contribution in [3.8, 4) is 23.0 Å². The molecule has 0 bridgehead atoms. The summed E-state index contributed by atoms with van der Waals surface area (Å²) < 4.78 is 51.1. The number of phenolic OH excluding ortho intramolecular Hbond substituents is 1. The number of aryl methyl sites for hydroxylation is 3. The molecule has 18 heteroatoms. The van der Waals surface area contributed by atoms with E-state index in [2.05, 4.69) is 38.4 Å². The van der Waals surface area contributed by atoms with E-state index >= 15 is 8.78 Å². The molecule has 1 spiro atoms. The van der Waals surface area contributed by atoms with Crippen molar-refractivity contribution >= 4 is 56.3 Å². The molecule has 6 fully saturated rings. The van der Waals surface area contributed by atoms with E-state index in [9.17, 15) is 19.5 Å². The number of nitrogens with zero attached hydrogens (tertiary/aromatic N) is 8. The Bertz CT molecular complexity index is 3250. The van der Waals surface area contributed by atoms with E-state index in [-0.39, 0.29) is 69.6 Å². The zero-order valence-corrected chi connectivity index (χ0v) is 43.1. The van der Waals surface area contributed by atoms with E-state index in [4.69, 9.17) is 29.2 Å². The Morgan fingerprint density at radius 3 is 2.48 bits per heavy atom. The average molecular weight is 1030 g/mol. The van der Waals surface area contributed by atoms with Crippen LogP contribution in [0.2, 0.25) is 0 Å². The highest BCUT2D eigenvalue weighted by Gasteiger charge is 2.48. The molecule has 2 unspecified atom stereocenters. The van der Waals surface area contributed by atoms with Crippen LogP contribution in [0.15, 0.2) is 42.5 Å². The van der Waals surface area contributed by atoms with Crippen molar-refractivity contribution in [3.63, 3.8) is 0 Å². The fraction of sp³-hybridized carbons (Fsp3) is 0.526. The van der Waals surface area contributed by atoms with Crippen molar-refractivity contribution in [1.29, 1.82) is 0 Å². The van der Waals surface area contributed by atoms with Gasteiger partial charge in [-0.1, -0.05) is 25.1 Å². The number of fused-ring (bicyclic) bond motifs is 5. The number of pyridine rings is 1. The minimum Gasteiger partial charge on any atom is -0.508 e. The minimum atomic E-state index is -0.624. The second kappa shape index (κ2) is 19.6. The lowest BCUT2D eigenvalue weighted by atomic mass is 9.65. The number of amides is 3. The first-order valence-corrected chi connectivity index (χ1v) is 27.0. The fourth-order valence-corrected chi connectivity index (χ4v) is 13.8. The number of nitrogens with one attached hydrogen (secondary N) is 1. The lowest BCUT2D eigenvalue weighted by Gasteiger charge is -2.52. The number of piperidine rings is 1. The van der Waals surface area contributed by atoms with Crippen LogP contribution in [-0.4, -0.2) is 129 Å². The van der Waals surface area contributed by atoms with Gasteiger partial charge in [-0.2, -0.15) is 15.1 Å². The van der Waals surface area contributed by atoms with E-state index in [0.717, 1.165) is 114 Å². The monoisotopic (exact) mass is 1030 g/mol. The summed E-state index contributed by atoms with van der Waals surface area (Å²) in [5, 5.41) is 20.5. The molecule has 1 aliphatic carbocycles. The van der Waals surface area contributed by atoms with Crippen LogP contribution in [0.25, 0.3) is 43.8 Å². The molecule has 1 saturated carbocycles. The van der Waals surface area contributed by atoms with E-state index in [1.807, 2.05) is 18.7 Å². The van der Waals surface area contributed by atoms with Crippen molar-refractivity contribution < 1.29 is 42.5 Å². The van der Waals surface area contributed by atoms with Gasteiger partial charge in [0, 0.05) is 56.1 Å². The zero-order valence-electron chi connectivity index (χ0n) is 43.1. The average Bonchev–Trinajstić information content (AvgIpc) is 4.00. The van der Waals surface area contributed by atoms with Crippen molar-refractivity contribution in [3.05, 3.63) is 76.6 Å². The highest BCUT2D eigenvalue weighted by atomic mass is 19.1. The third-order valence-electron chi connectivity index (χ3n) is 17.8. The van der Waals surface area contributed by atoms with Crippen molar-refractivity contribution in [2.24, 2.45) is 12.5 Å². The molecule has 13 rings (SSSR count). The maximum absolute atomic E-state index is 17.0. The quantitative estimate of drug-likeness (QED) is 0.145. The summed E-state index contributed by atoms with van der Waals surface area (Å²) in [5.74, 6) is -0.732. The number of benzene rings is 3. The highest BCUT2D eigenvalue weighted by molar-refractivity contribution is 6.04. The van der Waals surface area contributed by atoms with Gasteiger partial charge in [-0.15, -0.1) is 0 Å². The van der Waals surface area contributed by atoms with Crippen LogP contribution in [0.4, 0.5) is 19.4 Å². The summed E-state index contributed by atoms with van der Waals surface area (Å²) in [6.45, 7) is 8.06. The van der Waals surface area contributed by atoms with Gasteiger partial charge in [0.1, 0.15) is 35.2 Å². The molecule has 75 heavy (non-hydrogen) atoms. The number of aromatic nitrogens is 5. The standard InChI is InChI=1S/C34H37F2N5O3.C23H28N4O4/c1-2-23-25(35)8-6-20-16-22(42)17-24(27(20)23)30-29(36)31-28-26(37-30)9-7-21-18-43-15-5-14-41(21)32(28)39-33(38-31)44-19-34-10-3-12-40(34)13-4-11-34;1-26-18-11-15(14-7-9-23(10-8-14)12-27(13-23)22(30)31-2)3-4-16(18)20(25-26)17-5-6-19(28)24-21(17)29/h6,8,16-17,21,42H,2-5,7,9-15,18-19H2,1H3;3-4,11,14,17H,5-10,12-13H2,1-2H3,(H,24,28,29). The molecule has 7 aliphatic rings. The Kier molecular flexibility index (Phi) is 12.9. The van der Waals surface area contributed by atoms with Crippen LogP contribution in [-0.2, 0) is 39.0 Å². The number of phenols is 1. The maximum atomic E-state index is 17.0. The van der Waals surface area contributed by atoms with Crippen LogP contribution in [0.3, 0.4) is 0 Å². The number of anilines is 1. The lowest BCUT2D eigenvalue weighted by Crippen LogP contribution is -2.59. The molecule has 2 atom stereocenters. The predicted octanol–water partition coefficient (Wildman–Crippen LogP) is 8.76. The van der Waals surface area contributed by atoms with Gasteiger partial charge in [0.05, 0.1) is 53.5 Å². The van der Waals surface area contributed by atoms with Gasteiger partial charge in [-0.25, -0.2) is 18.6 Å². The van der Waals surface area contributed by atoms with Gasteiger partial charge in [0.25, 0.3) is 0 Å². The van der Waals surface area contributed by atoms with Crippen LogP contribution in [0.1, 0.15) is 118 Å². The molecule has 6 aliphatic heterocycles. The molecular formula is C57H65F2N9O7. The van der Waals surface area contributed by atoms with Gasteiger partial charge in [0.15, 0.2) is 5.82 Å². The minimum absolute atomic E-state index is 0.0143. The molecule has 3 amide bonds. The Labute approximate surface area is 434 Å². The third-order valence-corrected chi connectivity index (χ3v) is 17.8. The number of carbonyl (C=O) groups excluding carboxylic acids is 3. The van der Waals surface area contributed by atoms with Crippen LogP contribution in [0, 0.1) is 17.0 Å². The molecule has 394 valence electrons. The Morgan fingerprint density at radius 2 is 1.72 bits per heavy atom. The first kappa shape index (κ1) is 49.4. The van der Waals surface area contributed by atoms with Gasteiger partial charge in [0.2, 0.25) is 11.8 Å². The topological polar surface area (TPSA) is 177 Å². The van der Waals surface area contributed by atoms with E-state index < -0.39 is 5.82 Å². The summed E-state index contributed by atoms with van der Waals surface area (Å²) in [7, 11) is 3.34. The van der Waals surface area contributed by atoms with E-state index in [1.54, 1.807) is 17.0 Å². The summed E-state index contributed by atoms with van der Waals surface area (Å²) in [6.07, 6.45) is 12.1. The molecule has 0 radical (unpaired) electrons. The van der Waals surface area contributed by atoms with Crippen molar-refractivity contribution in [1.82, 2.24) is 39.8 Å². The van der Waals surface area contributed by atoms with E-state index in [0.29, 0.717) is 90.2 Å². The maximum Gasteiger partial charge on any atom is 0.409 e. The molecule has 5 saturated heterocycles.